The number of rotatable bonds is 5. The molecule has 4 nitrogen and oxygen atoms in total. The van der Waals surface area contributed by atoms with Gasteiger partial charge in [0.1, 0.15) is 0 Å². The van der Waals surface area contributed by atoms with Crippen molar-refractivity contribution in [2.75, 3.05) is 0 Å². The van der Waals surface area contributed by atoms with E-state index in [-0.39, 0.29) is 16.6 Å². The van der Waals surface area contributed by atoms with Crippen LogP contribution in [0.2, 0.25) is 10.0 Å². The Morgan fingerprint density at radius 2 is 2.00 bits per heavy atom. The second-order valence-electron chi connectivity index (χ2n) is 4.37. The zero-order valence-corrected chi connectivity index (χ0v) is 13.2. The van der Waals surface area contributed by atoms with Crippen LogP contribution in [-0.2, 0) is 14.5 Å². The summed E-state index contributed by atoms with van der Waals surface area (Å²) in [5.74, 6) is -2.32. The van der Waals surface area contributed by atoms with Crippen LogP contribution in [0.4, 0.5) is 0 Å². The van der Waals surface area contributed by atoms with Gasteiger partial charge in [-0.1, -0.05) is 47.8 Å². The van der Waals surface area contributed by atoms with Gasteiger partial charge in [0.25, 0.3) is 5.91 Å². The molecule has 0 fully saturated rings. The van der Waals surface area contributed by atoms with Crippen molar-refractivity contribution < 1.29 is 14.7 Å². The number of benzene rings is 1. The van der Waals surface area contributed by atoms with Gasteiger partial charge in [-0.3, -0.25) is 4.79 Å². The van der Waals surface area contributed by atoms with Gasteiger partial charge in [0.05, 0.1) is 0 Å². The molecule has 7 heteroatoms. The smallest absolute Gasteiger partial charge is 0.339 e. The molecule has 1 aromatic rings. The van der Waals surface area contributed by atoms with E-state index in [1.54, 1.807) is 6.92 Å². The predicted octanol–water partition coefficient (Wildman–Crippen LogP) is 3.43. The highest BCUT2D eigenvalue weighted by Crippen LogP contribution is 2.36. The van der Waals surface area contributed by atoms with Gasteiger partial charge < -0.3 is 10.4 Å². The van der Waals surface area contributed by atoms with E-state index in [0.717, 1.165) is 0 Å². The standard InChI is InChI=1S/C13H14Cl3NO3/c1-3-7(2)17-11(18)13(16,12(19)20)9-5-4-8(14)6-10(9)15/h4-7H,3H2,1-2H3,(H,17,18)(H,19,20). The van der Waals surface area contributed by atoms with Crippen LogP contribution in [0.1, 0.15) is 25.8 Å². The first kappa shape index (κ1) is 17.1. The molecule has 110 valence electrons. The third-order valence-electron chi connectivity index (χ3n) is 2.90. The van der Waals surface area contributed by atoms with Crippen LogP contribution < -0.4 is 5.32 Å². The molecule has 0 saturated heterocycles. The van der Waals surface area contributed by atoms with E-state index in [4.69, 9.17) is 34.8 Å². The van der Waals surface area contributed by atoms with Crippen molar-refractivity contribution in [2.24, 2.45) is 0 Å². The number of carboxylic acids is 1. The number of nitrogens with one attached hydrogen (secondary N) is 1. The Morgan fingerprint density at radius 3 is 2.45 bits per heavy atom. The molecule has 2 N–H and O–H groups in total. The summed E-state index contributed by atoms with van der Waals surface area (Å²) in [5, 5.41) is 12.2. The number of carbonyl (C=O) groups is 2. The molecule has 0 aliphatic carbocycles. The van der Waals surface area contributed by atoms with E-state index in [1.165, 1.54) is 18.2 Å². The van der Waals surface area contributed by atoms with Gasteiger partial charge in [-0.15, -0.1) is 0 Å². The average Bonchev–Trinajstić information content (AvgIpc) is 2.37. The van der Waals surface area contributed by atoms with Crippen molar-refractivity contribution in [3.63, 3.8) is 0 Å². The van der Waals surface area contributed by atoms with Gasteiger partial charge in [-0.25, -0.2) is 4.79 Å². The summed E-state index contributed by atoms with van der Waals surface area (Å²) in [6.45, 7) is 3.61. The summed E-state index contributed by atoms with van der Waals surface area (Å²) in [7, 11) is 0. The highest BCUT2D eigenvalue weighted by molar-refractivity contribution is 6.46. The number of hydrogen-bond acceptors (Lipinski definition) is 2. The highest BCUT2D eigenvalue weighted by Gasteiger charge is 2.48. The van der Waals surface area contributed by atoms with Gasteiger partial charge in [0.15, 0.2) is 0 Å². The Kier molecular flexibility index (Phi) is 5.68. The van der Waals surface area contributed by atoms with E-state index >= 15 is 0 Å². The first-order valence-electron chi connectivity index (χ1n) is 5.92. The molecule has 2 atom stereocenters. The largest absolute Gasteiger partial charge is 0.479 e. The Labute approximate surface area is 132 Å². The molecule has 0 heterocycles. The van der Waals surface area contributed by atoms with Crippen LogP contribution >= 0.6 is 34.8 Å². The van der Waals surface area contributed by atoms with Crippen LogP contribution in [0.5, 0.6) is 0 Å². The Hall–Kier alpha value is -0.970. The van der Waals surface area contributed by atoms with Gasteiger partial charge in [-0.2, -0.15) is 0 Å². The molecule has 0 aliphatic heterocycles. The van der Waals surface area contributed by atoms with Gasteiger partial charge in [-0.05, 0) is 25.5 Å². The number of carboxylic acid groups (broad SMARTS) is 1. The van der Waals surface area contributed by atoms with E-state index in [1.807, 2.05) is 6.92 Å². The van der Waals surface area contributed by atoms with Crippen LogP contribution in [0, 0.1) is 0 Å². The van der Waals surface area contributed by atoms with Gasteiger partial charge in [0.2, 0.25) is 4.87 Å². The maximum absolute atomic E-state index is 12.2. The third kappa shape index (κ3) is 3.37. The zero-order chi connectivity index (χ0) is 15.5. The molecule has 1 amide bonds. The lowest BCUT2D eigenvalue weighted by Gasteiger charge is -2.25. The minimum absolute atomic E-state index is 0.0152. The van der Waals surface area contributed by atoms with E-state index in [0.29, 0.717) is 11.4 Å². The lowest BCUT2D eigenvalue weighted by molar-refractivity contribution is -0.145. The maximum Gasteiger partial charge on any atom is 0.339 e. The van der Waals surface area contributed by atoms with E-state index in [2.05, 4.69) is 5.32 Å². The van der Waals surface area contributed by atoms with Gasteiger partial charge >= 0.3 is 5.97 Å². The zero-order valence-electron chi connectivity index (χ0n) is 10.9. The molecule has 2 unspecified atom stereocenters. The van der Waals surface area contributed by atoms with Crippen molar-refractivity contribution >= 4 is 46.7 Å². The first-order chi connectivity index (χ1) is 9.23. The summed E-state index contributed by atoms with van der Waals surface area (Å²) >= 11 is 17.8. The topological polar surface area (TPSA) is 66.4 Å². The summed E-state index contributed by atoms with van der Waals surface area (Å²) in [5.41, 5.74) is -0.0152. The number of amides is 1. The fourth-order valence-corrected chi connectivity index (χ4v) is 2.35. The van der Waals surface area contributed by atoms with Crippen molar-refractivity contribution in [1.29, 1.82) is 0 Å². The molecule has 0 spiro atoms. The minimum Gasteiger partial charge on any atom is -0.479 e. The van der Waals surface area contributed by atoms with Gasteiger partial charge in [0, 0.05) is 21.7 Å². The Balaban J connectivity index is 3.28. The number of halogens is 3. The molecule has 1 rings (SSSR count). The van der Waals surface area contributed by atoms with Crippen molar-refractivity contribution in [3.8, 4) is 0 Å². The molecule has 20 heavy (non-hydrogen) atoms. The van der Waals surface area contributed by atoms with E-state index in [9.17, 15) is 14.7 Å². The number of aliphatic carboxylic acids is 1. The van der Waals surface area contributed by atoms with Crippen LogP contribution in [-0.4, -0.2) is 23.0 Å². The Morgan fingerprint density at radius 1 is 1.40 bits per heavy atom. The number of carbonyl (C=O) groups excluding carboxylic acids is 1. The maximum atomic E-state index is 12.2. The molecule has 0 radical (unpaired) electrons. The molecule has 0 saturated carbocycles. The highest BCUT2D eigenvalue weighted by atomic mass is 35.5. The van der Waals surface area contributed by atoms with Crippen molar-refractivity contribution in [2.45, 2.75) is 31.2 Å². The molecule has 0 aliphatic rings. The lowest BCUT2D eigenvalue weighted by atomic mass is 9.96. The molecular weight excluding hydrogens is 325 g/mol. The van der Waals surface area contributed by atoms with E-state index < -0.39 is 16.8 Å². The normalized spacial score (nSPS) is 15.2. The molecular formula is C13H14Cl3NO3. The summed E-state index contributed by atoms with van der Waals surface area (Å²) in [4.78, 5) is 21.4. The molecule has 0 aromatic heterocycles. The second kappa shape index (κ2) is 6.66. The predicted molar refractivity (Wildman–Crippen MR) is 79.5 cm³/mol. The van der Waals surface area contributed by atoms with Crippen LogP contribution in [0.15, 0.2) is 18.2 Å². The SMILES string of the molecule is CCC(C)NC(=O)C(Cl)(C(=O)O)c1ccc(Cl)cc1Cl. The Bertz CT molecular complexity index is 536. The summed E-state index contributed by atoms with van der Waals surface area (Å²) in [6, 6.07) is 3.90. The lowest BCUT2D eigenvalue weighted by Crippen LogP contribution is -2.48. The van der Waals surface area contributed by atoms with Crippen LogP contribution in [0.3, 0.4) is 0 Å². The van der Waals surface area contributed by atoms with Crippen molar-refractivity contribution in [3.05, 3.63) is 33.8 Å². The summed E-state index contributed by atoms with van der Waals surface area (Å²) in [6.07, 6.45) is 0.646. The molecule has 1 aromatic carbocycles. The summed E-state index contributed by atoms with van der Waals surface area (Å²) < 4.78 is 0. The fourth-order valence-electron chi connectivity index (χ4n) is 1.53. The van der Waals surface area contributed by atoms with Crippen molar-refractivity contribution in [1.82, 2.24) is 5.32 Å². The van der Waals surface area contributed by atoms with Crippen LogP contribution in [0.25, 0.3) is 0 Å². The fraction of sp³-hybridized carbons (Fsp3) is 0.385. The number of hydrogen-bond donors (Lipinski definition) is 2. The minimum atomic E-state index is -2.29. The monoisotopic (exact) mass is 337 g/mol. The third-order valence-corrected chi connectivity index (χ3v) is 3.98. The second-order valence-corrected chi connectivity index (χ2v) is 5.78. The number of alkyl halides is 1. The average molecular weight is 339 g/mol. The quantitative estimate of drug-likeness (QED) is 0.638. The molecule has 0 bridgehead atoms. The first-order valence-corrected chi connectivity index (χ1v) is 7.05.